The lowest BCUT2D eigenvalue weighted by atomic mass is 10.1. The number of imide groups is 1. The van der Waals surface area contributed by atoms with Crippen LogP contribution in [-0.2, 0) is 4.74 Å². The number of amides is 2. The van der Waals surface area contributed by atoms with E-state index in [2.05, 4.69) is 10.2 Å². The molecule has 0 aliphatic carbocycles. The number of fused-ring (bicyclic) bond motifs is 1. The highest BCUT2D eigenvalue weighted by Gasteiger charge is 2.35. The van der Waals surface area contributed by atoms with Crippen molar-refractivity contribution >= 4 is 23.2 Å². The van der Waals surface area contributed by atoms with Gasteiger partial charge in [0, 0.05) is 31.0 Å². The molecule has 2 heterocycles. The lowest BCUT2D eigenvalue weighted by Crippen LogP contribution is -2.39. The number of hydrogen-bond acceptors (Lipinski definition) is 6. The average Bonchev–Trinajstić information content (AvgIpc) is 2.98. The van der Waals surface area contributed by atoms with Crippen LogP contribution in [0.3, 0.4) is 0 Å². The van der Waals surface area contributed by atoms with Gasteiger partial charge in [-0.3, -0.25) is 14.5 Å². The molecule has 28 heavy (non-hydrogen) atoms. The van der Waals surface area contributed by atoms with Gasteiger partial charge < -0.3 is 20.1 Å². The van der Waals surface area contributed by atoms with E-state index >= 15 is 0 Å². The highest BCUT2D eigenvalue weighted by Crippen LogP contribution is 2.23. The number of nitrogens with zero attached hydrogens (tertiary/aromatic N) is 2. The van der Waals surface area contributed by atoms with E-state index in [-0.39, 0.29) is 24.9 Å². The molecule has 2 amide bonds. The lowest BCUT2D eigenvalue weighted by molar-refractivity contribution is 0.0558. The molecular formula is C21H23N3O4. The summed E-state index contributed by atoms with van der Waals surface area (Å²) in [6, 6.07) is 14.7. The number of ether oxygens (including phenoxy) is 1. The summed E-state index contributed by atoms with van der Waals surface area (Å²) in [7, 11) is 0. The van der Waals surface area contributed by atoms with E-state index in [0.717, 1.165) is 42.6 Å². The van der Waals surface area contributed by atoms with E-state index in [1.807, 2.05) is 24.3 Å². The SMILES string of the molecule is O=C1c2ccccc2C(=O)N1C[C@H](O)CNc1ccc(N2CCOCC2)cc1. The van der Waals surface area contributed by atoms with Crippen LogP contribution in [0.5, 0.6) is 0 Å². The zero-order valence-electron chi connectivity index (χ0n) is 15.5. The highest BCUT2D eigenvalue weighted by atomic mass is 16.5. The van der Waals surface area contributed by atoms with Crippen LogP contribution < -0.4 is 10.2 Å². The van der Waals surface area contributed by atoms with Gasteiger partial charge in [0.1, 0.15) is 0 Å². The molecule has 0 spiro atoms. The number of aliphatic hydroxyl groups excluding tert-OH is 1. The Kier molecular flexibility index (Phi) is 5.27. The van der Waals surface area contributed by atoms with Crippen LogP contribution in [0.15, 0.2) is 48.5 Å². The Bertz CT molecular complexity index is 827. The number of morpholine rings is 1. The number of hydrogen-bond donors (Lipinski definition) is 2. The number of aliphatic hydroxyl groups is 1. The second-order valence-electron chi connectivity index (χ2n) is 6.95. The van der Waals surface area contributed by atoms with Gasteiger partial charge >= 0.3 is 0 Å². The van der Waals surface area contributed by atoms with Crippen molar-refractivity contribution in [2.75, 3.05) is 49.6 Å². The van der Waals surface area contributed by atoms with Crippen LogP contribution in [-0.4, -0.2) is 67.3 Å². The van der Waals surface area contributed by atoms with Gasteiger partial charge in [-0.2, -0.15) is 0 Å². The number of β-amino-alcohol motifs (C(OH)–C–C–N with tert-alkyl or cyclic N) is 1. The summed E-state index contributed by atoms with van der Waals surface area (Å²) < 4.78 is 5.37. The first-order valence-electron chi connectivity index (χ1n) is 9.43. The molecule has 0 unspecified atom stereocenters. The monoisotopic (exact) mass is 381 g/mol. The Morgan fingerprint density at radius 3 is 2.18 bits per heavy atom. The van der Waals surface area contributed by atoms with Crippen LogP contribution in [0.2, 0.25) is 0 Å². The van der Waals surface area contributed by atoms with Crippen molar-refractivity contribution in [3.05, 3.63) is 59.7 Å². The molecule has 2 aliphatic heterocycles. The van der Waals surface area contributed by atoms with E-state index in [0.29, 0.717) is 11.1 Å². The molecule has 0 bridgehead atoms. The smallest absolute Gasteiger partial charge is 0.261 e. The second kappa shape index (κ2) is 8.00. The van der Waals surface area contributed by atoms with E-state index in [4.69, 9.17) is 4.74 Å². The molecule has 0 radical (unpaired) electrons. The van der Waals surface area contributed by atoms with Crippen molar-refractivity contribution in [1.82, 2.24) is 4.90 Å². The normalized spacial score (nSPS) is 17.6. The summed E-state index contributed by atoms with van der Waals surface area (Å²) in [5.41, 5.74) is 2.80. The number of benzene rings is 2. The number of carbonyl (C=O) groups excluding carboxylic acids is 2. The predicted molar refractivity (Wildman–Crippen MR) is 106 cm³/mol. The first-order valence-corrected chi connectivity index (χ1v) is 9.43. The maximum atomic E-state index is 12.4. The van der Waals surface area contributed by atoms with Crippen LogP contribution in [0, 0.1) is 0 Å². The number of carbonyl (C=O) groups is 2. The molecule has 0 saturated carbocycles. The number of nitrogens with one attached hydrogen (secondary N) is 1. The summed E-state index contributed by atoms with van der Waals surface area (Å²) in [5.74, 6) is -0.705. The quantitative estimate of drug-likeness (QED) is 0.740. The molecule has 1 saturated heterocycles. The summed E-state index contributed by atoms with van der Waals surface area (Å²) >= 11 is 0. The maximum Gasteiger partial charge on any atom is 0.261 e. The summed E-state index contributed by atoms with van der Waals surface area (Å²) in [5, 5.41) is 13.5. The summed E-state index contributed by atoms with van der Waals surface area (Å²) in [6.07, 6.45) is -0.860. The van der Waals surface area contributed by atoms with E-state index in [9.17, 15) is 14.7 Å². The van der Waals surface area contributed by atoms with E-state index < -0.39 is 6.10 Å². The Labute approximate surface area is 163 Å². The lowest BCUT2D eigenvalue weighted by Gasteiger charge is -2.29. The van der Waals surface area contributed by atoms with Crippen molar-refractivity contribution in [2.24, 2.45) is 0 Å². The average molecular weight is 381 g/mol. The van der Waals surface area contributed by atoms with Crippen LogP contribution in [0.1, 0.15) is 20.7 Å². The number of rotatable bonds is 6. The minimum atomic E-state index is -0.860. The van der Waals surface area contributed by atoms with Crippen LogP contribution in [0.25, 0.3) is 0 Å². The van der Waals surface area contributed by atoms with Crippen molar-refractivity contribution in [2.45, 2.75) is 6.10 Å². The van der Waals surface area contributed by atoms with Crippen molar-refractivity contribution in [3.63, 3.8) is 0 Å². The fourth-order valence-corrected chi connectivity index (χ4v) is 3.53. The van der Waals surface area contributed by atoms with Gasteiger partial charge in [0.25, 0.3) is 11.8 Å². The molecule has 2 N–H and O–H groups in total. The van der Waals surface area contributed by atoms with Crippen LogP contribution in [0.4, 0.5) is 11.4 Å². The molecule has 2 aromatic carbocycles. The molecule has 4 rings (SSSR count). The van der Waals surface area contributed by atoms with E-state index in [1.54, 1.807) is 24.3 Å². The zero-order valence-corrected chi connectivity index (χ0v) is 15.5. The van der Waals surface area contributed by atoms with Gasteiger partial charge in [-0.05, 0) is 36.4 Å². The third-order valence-electron chi connectivity index (χ3n) is 5.06. The minimum absolute atomic E-state index is 0.0365. The molecular weight excluding hydrogens is 358 g/mol. The standard InChI is InChI=1S/C21H23N3O4/c25-17(14-24-20(26)18-3-1-2-4-19(18)21(24)27)13-22-15-5-7-16(8-6-15)23-9-11-28-12-10-23/h1-8,17,22,25H,9-14H2/t17-/m1/s1. The molecule has 2 aliphatic rings. The first-order chi connectivity index (χ1) is 13.6. The molecule has 1 fully saturated rings. The first kappa shape index (κ1) is 18.5. The Morgan fingerprint density at radius 1 is 0.964 bits per heavy atom. The van der Waals surface area contributed by atoms with Gasteiger partial charge in [-0.1, -0.05) is 12.1 Å². The predicted octanol–water partition coefficient (Wildman–Crippen LogP) is 1.59. The molecule has 1 atom stereocenters. The van der Waals surface area contributed by atoms with Gasteiger partial charge in [-0.15, -0.1) is 0 Å². The van der Waals surface area contributed by atoms with E-state index in [1.165, 1.54) is 0 Å². The highest BCUT2D eigenvalue weighted by molar-refractivity contribution is 6.21. The Balaban J connectivity index is 1.31. The zero-order chi connectivity index (χ0) is 19.5. The van der Waals surface area contributed by atoms with Gasteiger partial charge in [0.2, 0.25) is 0 Å². The van der Waals surface area contributed by atoms with Gasteiger partial charge in [-0.25, -0.2) is 0 Å². The van der Waals surface area contributed by atoms with Crippen molar-refractivity contribution in [1.29, 1.82) is 0 Å². The molecule has 7 heteroatoms. The fraction of sp³-hybridized carbons (Fsp3) is 0.333. The van der Waals surface area contributed by atoms with Gasteiger partial charge in [0.15, 0.2) is 0 Å². The Morgan fingerprint density at radius 2 is 1.57 bits per heavy atom. The third-order valence-corrected chi connectivity index (χ3v) is 5.06. The maximum absolute atomic E-state index is 12.4. The van der Waals surface area contributed by atoms with Crippen LogP contribution >= 0.6 is 0 Å². The van der Waals surface area contributed by atoms with Crippen molar-refractivity contribution in [3.8, 4) is 0 Å². The topological polar surface area (TPSA) is 82.1 Å². The minimum Gasteiger partial charge on any atom is -0.389 e. The Hall–Kier alpha value is -2.90. The summed E-state index contributed by atoms with van der Waals surface area (Å²) in [6.45, 7) is 3.45. The molecule has 0 aromatic heterocycles. The third kappa shape index (κ3) is 3.72. The molecule has 146 valence electrons. The van der Waals surface area contributed by atoms with Gasteiger partial charge in [0.05, 0.1) is 37.0 Å². The molecule has 2 aromatic rings. The molecule has 7 nitrogen and oxygen atoms in total. The fourth-order valence-electron chi connectivity index (χ4n) is 3.53. The summed E-state index contributed by atoms with van der Waals surface area (Å²) in [4.78, 5) is 28.1. The second-order valence-corrected chi connectivity index (χ2v) is 6.95. The van der Waals surface area contributed by atoms with Crippen molar-refractivity contribution < 1.29 is 19.4 Å². The number of anilines is 2. The largest absolute Gasteiger partial charge is 0.389 e.